The number of hydrogen-bond donors (Lipinski definition) is 9. The molecule has 0 aromatic rings. The molecule has 3 aliphatic rings. The third kappa shape index (κ3) is 49.0. The summed E-state index contributed by atoms with van der Waals surface area (Å²) in [5.41, 5.74) is 0. The summed E-state index contributed by atoms with van der Waals surface area (Å²) in [6, 6.07) is 0. The number of halogens is 2. The molecule has 108 heavy (non-hydrogen) atoms. The Morgan fingerprint density at radius 2 is 0.759 bits per heavy atom. The Hall–Kier alpha value is -8.22. The van der Waals surface area contributed by atoms with E-state index in [9.17, 15) is 71.9 Å². The Balaban J connectivity index is 0.000000943. The van der Waals surface area contributed by atoms with E-state index in [1.54, 1.807) is 0 Å². The summed E-state index contributed by atoms with van der Waals surface area (Å²) in [6.45, 7) is 6.68. The molecule has 0 bridgehead atoms. The number of hydrogen-bond acceptors (Lipinski definition) is 33. The van der Waals surface area contributed by atoms with Gasteiger partial charge in [0.1, 0.15) is 30.8 Å². The van der Waals surface area contributed by atoms with Crippen LogP contribution in [0.1, 0.15) is 25.7 Å². The fourth-order valence-corrected chi connectivity index (χ4v) is 8.51. The van der Waals surface area contributed by atoms with Crippen molar-refractivity contribution in [3.8, 4) is 0 Å². The molecule has 44 nitrogen and oxygen atoms in total. The number of aliphatic imine (C=N–C) groups is 1. The van der Waals surface area contributed by atoms with Crippen LogP contribution < -0.4 is 31.9 Å². The molecule has 0 unspecified atom stereocenters. The lowest BCUT2D eigenvalue weighted by molar-refractivity contribution is -0.380. The number of methoxy groups -OCH3 is 1. The van der Waals surface area contributed by atoms with E-state index in [0.717, 1.165) is 43.9 Å². The monoisotopic (exact) mass is 1770 g/mol. The summed E-state index contributed by atoms with van der Waals surface area (Å²) in [4.78, 5) is 198. The van der Waals surface area contributed by atoms with Crippen LogP contribution in [-0.2, 0) is 129 Å². The summed E-state index contributed by atoms with van der Waals surface area (Å²) in [6.07, 6.45) is 6.25. The van der Waals surface area contributed by atoms with Gasteiger partial charge in [-0.25, -0.2) is 24.9 Å². The van der Waals surface area contributed by atoms with E-state index in [1.807, 2.05) is 22.6 Å². The van der Waals surface area contributed by atoms with Crippen LogP contribution in [0.15, 0.2) is 51.7 Å². The molecule has 0 spiro atoms. The van der Waals surface area contributed by atoms with Gasteiger partial charge in [0.05, 0.1) is 156 Å². The highest BCUT2D eigenvalue weighted by molar-refractivity contribution is 14.1. The molecule has 0 radical (unpaired) electrons. The number of carbonyl (C=O) groups excluding carboxylic acids is 15. The molecule has 15 amide bonds. The van der Waals surface area contributed by atoms with Crippen LogP contribution in [0, 0.1) is 0 Å². The second-order valence-corrected chi connectivity index (χ2v) is 23.0. The molecule has 46 heteroatoms. The fourth-order valence-electron chi connectivity index (χ4n) is 8.02. The highest BCUT2D eigenvalue weighted by atomic mass is 127. The Kier molecular flexibility index (Phi) is 57.7. The van der Waals surface area contributed by atoms with Gasteiger partial charge in [-0.3, -0.25) is 92.4 Å². The van der Waals surface area contributed by atoms with Crippen LogP contribution in [0.2, 0.25) is 0 Å². The SMILES string of the molecule is C=C(I)N(CCOCCOCCNC(=O)CN(CC(=O)NCCOCCOCCN=COCI)C(=O)CCC(=O)NCCOO)OO.COC(=O)N1C(=O)C=CC1=O.O=C(CCC(=O)N(CC(=O)NCCOCCOCCN1C(=O)C=CC1=O)CC(=O)NCCOCCOCCN1C(=O)C=CC1=O)NCCOO. The number of alkyl halides is 1. The van der Waals surface area contributed by atoms with Gasteiger partial charge in [-0.2, -0.15) is 4.90 Å². The van der Waals surface area contributed by atoms with Crippen LogP contribution in [0.25, 0.3) is 0 Å². The highest BCUT2D eigenvalue weighted by Crippen LogP contribution is 2.10. The molecule has 0 fully saturated rings. The lowest BCUT2D eigenvalue weighted by Gasteiger charge is -2.22. The van der Waals surface area contributed by atoms with Crippen molar-refractivity contribution in [2.45, 2.75) is 25.7 Å². The first-order valence-electron chi connectivity index (χ1n) is 33.1. The predicted octanol–water partition coefficient (Wildman–Crippen LogP) is -4.42. The standard InChI is InChI=1S/C30H44N6O14.C26H46I2N6O13.C6H5NO4/c37-23(31-9-14-50-45)1-2-26(40)34(21-24(38)32-7-12-46-17-19-48-15-10-35-27(41)3-4-28(35)42)22-25(39)33-8-13-47-18-20-49-16-11-36-29(43)5-6-30(36)44;1-22(28)34(47-40)8-13-44-17-16-43-11-6-32-25(37)19-33(26(38)3-2-23(35)30-7-12-46-39)18-24(36)31-5-10-42-15-14-41-9-4-29-21-45-20-27;1-11-6(10)7-4(8)2-3-5(7)9/h3-6,45H,1-2,7-22H2,(H,31,37)(H,32,38)(H,33,39);21,39-40H,1-20H2,(H,30,35)(H,31,36)(H,32,37);2-3H,1H3. The second-order valence-electron chi connectivity index (χ2n) is 21.2. The zero-order chi connectivity index (χ0) is 80.0. The van der Waals surface area contributed by atoms with E-state index in [0.29, 0.717) is 39.6 Å². The van der Waals surface area contributed by atoms with E-state index in [4.69, 9.17) is 58.4 Å². The summed E-state index contributed by atoms with van der Waals surface area (Å²) < 4.78 is 53.1. The maximum Gasteiger partial charge on any atom is 0.423 e. The van der Waals surface area contributed by atoms with Gasteiger partial charge in [-0.15, -0.1) is 4.99 Å². The molecule has 0 atom stereocenters. The molecule has 3 rings (SSSR count). The van der Waals surface area contributed by atoms with Crippen molar-refractivity contribution < 1.29 is 150 Å². The third-order valence-corrected chi connectivity index (χ3v) is 14.1. The number of hydroxylamine groups is 2. The van der Waals surface area contributed by atoms with Gasteiger partial charge in [0, 0.05) is 101 Å². The van der Waals surface area contributed by atoms with E-state index in [2.05, 4.69) is 85.6 Å². The number of imide groups is 5. The lowest BCUT2D eigenvalue weighted by Crippen LogP contribution is -2.46. The molecule has 0 saturated carbocycles. The Morgan fingerprint density at radius 1 is 0.444 bits per heavy atom. The molecule has 0 saturated heterocycles. The van der Waals surface area contributed by atoms with Gasteiger partial charge in [0.25, 0.3) is 35.4 Å². The zero-order valence-electron chi connectivity index (χ0n) is 59.6. The van der Waals surface area contributed by atoms with E-state index in [-0.39, 0.29) is 184 Å². The Bertz CT molecular complexity index is 2830. The molecule has 0 aromatic carbocycles. The molecule has 608 valence electrons. The van der Waals surface area contributed by atoms with Gasteiger partial charge < -0.3 is 89.1 Å². The number of amides is 15. The maximum atomic E-state index is 12.8. The topological polar surface area (TPSA) is 541 Å². The minimum absolute atomic E-state index is 0.0249. The second kappa shape index (κ2) is 63.7. The molecule has 0 aromatic heterocycles. The maximum absolute atomic E-state index is 12.8. The van der Waals surface area contributed by atoms with Crippen molar-refractivity contribution in [1.82, 2.24) is 61.5 Å². The number of nitrogens with zero attached hydrogens (tertiary/aromatic N) is 7. The van der Waals surface area contributed by atoms with E-state index in [1.165, 1.54) is 30.7 Å². The third-order valence-electron chi connectivity index (χ3n) is 13.2. The molecular weight excluding hydrogens is 1680 g/mol. The first kappa shape index (κ1) is 97.8. The largest absolute Gasteiger partial charge is 0.473 e. The van der Waals surface area contributed by atoms with Gasteiger partial charge in [-0.05, 0) is 45.2 Å². The quantitative estimate of drug-likeness (QED) is 0.00319. The van der Waals surface area contributed by atoms with Crippen LogP contribution in [0.4, 0.5) is 4.79 Å². The van der Waals surface area contributed by atoms with Crippen molar-refractivity contribution in [3.63, 3.8) is 0 Å². The van der Waals surface area contributed by atoms with E-state index < -0.39 is 115 Å². The van der Waals surface area contributed by atoms with Crippen LogP contribution in [-0.4, -0.2) is 363 Å². The van der Waals surface area contributed by atoms with Crippen molar-refractivity contribution in [2.24, 2.45) is 4.99 Å². The van der Waals surface area contributed by atoms with Crippen LogP contribution >= 0.6 is 45.2 Å². The van der Waals surface area contributed by atoms with Gasteiger partial charge in [0.2, 0.25) is 47.3 Å². The Morgan fingerprint density at radius 3 is 1.08 bits per heavy atom. The minimum atomic E-state index is -0.954. The van der Waals surface area contributed by atoms with Crippen LogP contribution in [0.3, 0.4) is 0 Å². The molecule has 9 N–H and O–H groups in total. The number of carbonyl (C=O) groups is 15. The van der Waals surface area contributed by atoms with Crippen molar-refractivity contribution in [3.05, 3.63) is 46.7 Å². The summed E-state index contributed by atoms with van der Waals surface area (Å²) in [7, 11) is 1.10. The van der Waals surface area contributed by atoms with Crippen molar-refractivity contribution >= 4 is 140 Å². The zero-order valence-corrected chi connectivity index (χ0v) is 63.9. The minimum Gasteiger partial charge on any atom is -0.473 e. The number of nitrogens with one attached hydrogen (secondary N) is 6. The number of ether oxygens (including phenoxy) is 10. The normalized spacial score (nSPS) is 12.7. The van der Waals surface area contributed by atoms with Crippen molar-refractivity contribution in [2.75, 3.05) is 222 Å². The molecule has 3 aliphatic heterocycles. The summed E-state index contributed by atoms with van der Waals surface area (Å²) in [5.74, 6) is -7.22. The van der Waals surface area contributed by atoms with Gasteiger partial charge >= 0.3 is 6.09 Å². The van der Waals surface area contributed by atoms with Gasteiger partial charge in [0.15, 0.2) is 6.40 Å². The summed E-state index contributed by atoms with van der Waals surface area (Å²) >= 11 is 3.94. The summed E-state index contributed by atoms with van der Waals surface area (Å²) in [5, 5.41) is 41.9. The van der Waals surface area contributed by atoms with Crippen molar-refractivity contribution in [1.29, 1.82) is 0 Å². The van der Waals surface area contributed by atoms with E-state index >= 15 is 0 Å². The van der Waals surface area contributed by atoms with Gasteiger partial charge in [-0.1, -0.05) is 6.58 Å². The lowest BCUT2D eigenvalue weighted by atomic mass is 10.2. The van der Waals surface area contributed by atoms with Crippen LogP contribution in [0.5, 0.6) is 0 Å². The molecular formula is C62H95I2N13O31. The average Bonchev–Trinajstić information content (AvgIpc) is 1.71. The Labute approximate surface area is 648 Å². The highest BCUT2D eigenvalue weighted by Gasteiger charge is 2.31. The molecule has 3 heterocycles. The molecule has 0 aliphatic carbocycles. The predicted molar refractivity (Wildman–Crippen MR) is 385 cm³/mol. The average molecular weight is 1770 g/mol. The fraction of sp³-hybridized carbons (Fsp3) is 0.613. The first-order chi connectivity index (χ1) is 52.0. The smallest absolute Gasteiger partial charge is 0.423 e. The number of rotatable bonds is 60. The first-order valence-corrected chi connectivity index (χ1v) is 35.7.